The van der Waals surface area contributed by atoms with E-state index in [4.69, 9.17) is 30.3 Å². The molecule has 6 aromatic rings. The predicted molar refractivity (Wildman–Crippen MR) is 307 cm³/mol. The SMILES string of the molecule is C[C@H](CC(=O)OC(C)(C)C)C(=O)N[C@H](C(=O)N1CCC[C@H]1c1nc(-c2cccc3ccccc23)cs1)C(C)(C)C.C[C@H](N)C(=O)N[C@H](C(=O)N1CCC[C@H]1c1nc(-c2cccc3ccccc23)cs1)C(C)(C)C.O=C(O)C(F)(F)F. The molecule has 0 radical (unpaired) electrons. The van der Waals surface area contributed by atoms with Gasteiger partial charge in [-0.2, -0.15) is 13.2 Å². The number of hydrogen-bond donors (Lipinski definition) is 4. The first-order chi connectivity index (χ1) is 37.3. The van der Waals surface area contributed by atoms with Gasteiger partial charge < -0.3 is 36.0 Å². The molecule has 80 heavy (non-hydrogen) atoms. The van der Waals surface area contributed by atoms with Crippen molar-refractivity contribution >= 4 is 79.8 Å². The lowest BCUT2D eigenvalue weighted by Gasteiger charge is -2.36. The number of nitrogens with one attached hydrogen (secondary N) is 2. The second-order valence-electron chi connectivity index (χ2n) is 23.5. The third-order valence-electron chi connectivity index (χ3n) is 13.6. The number of aromatic nitrogens is 2. The summed E-state index contributed by atoms with van der Waals surface area (Å²) in [6, 6.07) is 26.8. The Morgan fingerprint density at radius 1 is 0.650 bits per heavy atom. The minimum absolute atomic E-state index is 0.0451. The average Bonchev–Trinajstić information content (AvgIpc) is 4.35. The van der Waals surface area contributed by atoms with Crippen LogP contribution in [0.3, 0.4) is 0 Å². The first-order valence-corrected chi connectivity index (χ1v) is 28.5. The van der Waals surface area contributed by atoms with Gasteiger partial charge in [-0.05, 0) is 85.8 Å². The number of nitrogens with zero attached hydrogens (tertiary/aromatic N) is 4. The summed E-state index contributed by atoms with van der Waals surface area (Å²) in [6.45, 7) is 21.7. The maximum atomic E-state index is 14.0. The number of hydrogen-bond acceptors (Lipinski definition) is 12. The van der Waals surface area contributed by atoms with E-state index in [1.165, 1.54) is 10.8 Å². The van der Waals surface area contributed by atoms with Gasteiger partial charge in [-0.3, -0.25) is 24.0 Å². The van der Waals surface area contributed by atoms with Gasteiger partial charge in [0.05, 0.1) is 35.9 Å². The zero-order valence-corrected chi connectivity index (χ0v) is 48.9. The van der Waals surface area contributed by atoms with E-state index >= 15 is 0 Å². The topological polar surface area (TPSA) is 214 Å². The normalized spacial score (nSPS) is 17.3. The zero-order valence-electron chi connectivity index (χ0n) is 47.3. The van der Waals surface area contributed by atoms with Crippen LogP contribution in [0.1, 0.15) is 130 Å². The number of alkyl halides is 3. The second-order valence-corrected chi connectivity index (χ2v) is 25.3. The van der Waals surface area contributed by atoms with Crippen molar-refractivity contribution in [1.29, 1.82) is 0 Å². The summed E-state index contributed by atoms with van der Waals surface area (Å²) in [4.78, 5) is 88.0. The Labute approximate surface area is 473 Å². The van der Waals surface area contributed by atoms with Crippen LogP contribution in [-0.2, 0) is 33.5 Å². The Morgan fingerprint density at radius 2 is 1.04 bits per heavy atom. The number of ether oxygens (including phenoxy) is 1. The monoisotopic (exact) mass is 1140 g/mol. The molecule has 5 N–H and O–H groups in total. The number of benzene rings is 4. The fourth-order valence-electron chi connectivity index (χ4n) is 9.51. The van der Waals surface area contributed by atoms with Crippen LogP contribution in [0.5, 0.6) is 0 Å². The molecule has 2 fully saturated rings. The maximum Gasteiger partial charge on any atom is 0.490 e. The van der Waals surface area contributed by atoms with Crippen LogP contribution < -0.4 is 16.4 Å². The molecule has 15 nitrogen and oxygen atoms in total. The third kappa shape index (κ3) is 16.0. The van der Waals surface area contributed by atoms with Crippen molar-refractivity contribution in [1.82, 2.24) is 30.4 Å². The minimum Gasteiger partial charge on any atom is -0.475 e. The Hall–Kier alpha value is -6.77. The first kappa shape index (κ1) is 62.4. The fraction of sp³-hybridized carbons (Fsp3) is 0.467. The van der Waals surface area contributed by atoms with Gasteiger partial charge in [0, 0.05) is 40.9 Å². The van der Waals surface area contributed by atoms with Crippen molar-refractivity contribution in [3.05, 3.63) is 106 Å². The van der Waals surface area contributed by atoms with E-state index in [9.17, 15) is 37.1 Å². The van der Waals surface area contributed by atoms with Crippen LogP contribution in [0, 0.1) is 16.7 Å². The summed E-state index contributed by atoms with van der Waals surface area (Å²) in [5.74, 6) is -4.64. The van der Waals surface area contributed by atoms with Gasteiger partial charge in [0.15, 0.2) is 0 Å². The number of fused-ring (bicyclic) bond motifs is 2. The molecule has 2 aromatic heterocycles. The van der Waals surface area contributed by atoms with Crippen LogP contribution >= 0.6 is 22.7 Å². The summed E-state index contributed by atoms with van der Waals surface area (Å²) in [5.41, 5.74) is 8.19. The van der Waals surface area contributed by atoms with Gasteiger partial charge in [-0.1, -0.05) is 133 Å². The molecule has 6 atom stereocenters. The molecule has 0 aliphatic carbocycles. The quantitative estimate of drug-likeness (QED) is 0.0846. The van der Waals surface area contributed by atoms with Crippen molar-refractivity contribution in [2.24, 2.45) is 22.5 Å². The molecule has 2 saturated heterocycles. The summed E-state index contributed by atoms with van der Waals surface area (Å²) < 4.78 is 37.1. The lowest BCUT2D eigenvalue weighted by molar-refractivity contribution is -0.192. The fourth-order valence-corrected chi connectivity index (χ4v) is 11.4. The highest BCUT2D eigenvalue weighted by atomic mass is 32.1. The van der Waals surface area contributed by atoms with Gasteiger partial charge >= 0.3 is 18.1 Å². The van der Waals surface area contributed by atoms with Gasteiger partial charge in [0.1, 0.15) is 27.7 Å². The Bertz CT molecular complexity index is 3160. The molecule has 8 rings (SSSR count). The molecule has 0 bridgehead atoms. The second kappa shape index (κ2) is 25.8. The van der Waals surface area contributed by atoms with E-state index < -0.39 is 58.6 Å². The Morgan fingerprint density at radius 3 is 1.41 bits per heavy atom. The zero-order chi connectivity index (χ0) is 59.1. The van der Waals surface area contributed by atoms with E-state index in [1.807, 2.05) is 81.7 Å². The number of likely N-dealkylation sites (tertiary alicyclic amines) is 2. The number of halogens is 3. The summed E-state index contributed by atoms with van der Waals surface area (Å²) in [5, 5.41) is 23.6. The molecule has 2 aliphatic heterocycles. The highest BCUT2D eigenvalue weighted by Crippen LogP contribution is 2.41. The van der Waals surface area contributed by atoms with Gasteiger partial charge in [-0.15, -0.1) is 22.7 Å². The number of carboxylic acids is 1. The van der Waals surface area contributed by atoms with E-state index in [2.05, 4.69) is 76.0 Å². The number of thiazole rings is 2. The molecular weight excluding hydrogens is 1070 g/mol. The number of nitrogens with two attached hydrogens (primary N) is 1. The van der Waals surface area contributed by atoms with Gasteiger partial charge in [0.2, 0.25) is 23.6 Å². The molecule has 430 valence electrons. The van der Waals surface area contributed by atoms with E-state index in [0.717, 1.165) is 69.0 Å². The van der Waals surface area contributed by atoms with Crippen molar-refractivity contribution in [3.63, 3.8) is 0 Å². The van der Waals surface area contributed by atoms with E-state index in [-0.39, 0.29) is 42.1 Å². The molecular formula is C60H74F3N7O8S2. The number of rotatable bonds is 12. The number of aliphatic carboxylic acids is 1. The minimum atomic E-state index is -5.08. The molecule has 4 aromatic carbocycles. The van der Waals surface area contributed by atoms with Crippen LogP contribution in [-0.4, -0.2) is 103 Å². The maximum absolute atomic E-state index is 14.0. The number of carbonyl (C=O) groups is 6. The molecule has 0 unspecified atom stereocenters. The molecule has 4 heterocycles. The van der Waals surface area contributed by atoms with Crippen LogP contribution in [0.4, 0.5) is 13.2 Å². The molecule has 4 amide bonds. The average molecular weight is 1140 g/mol. The highest BCUT2D eigenvalue weighted by Gasteiger charge is 2.43. The van der Waals surface area contributed by atoms with E-state index in [0.29, 0.717) is 13.1 Å². The summed E-state index contributed by atoms with van der Waals surface area (Å²) in [7, 11) is 0. The van der Waals surface area contributed by atoms with Crippen molar-refractivity contribution in [2.75, 3.05) is 13.1 Å². The highest BCUT2D eigenvalue weighted by molar-refractivity contribution is 7.10. The van der Waals surface area contributed by atoms with Gasteiger partial charge in [-0.25, -0.2) is 14.8 Å². The Kier molecular flexibility index (Phi) is 20.1. The van der Waals surface area contributed by atoms with Crippen molar-refractivity contribution in [3.8, 4) is 22.5 Å². The molecule has 20 heteroatoms. The summed E-state index contributed by atoms with van der Waals surface area (Å²) >= 11 is 3.17. The molecule has 0 spiro atoms. The number of carbonyl (C=O) groups excluding carboxylic acids is 5. The smallest absolute Gasteiger partial charge is 0.475 e. The number of amides is 4. The van der Waals surface area contributed by atoms with Crippen molar-refractivity contribution < 1.29 is 51.8 Å². The predicted octanol–water partition coefficient (Wildman–Crippen LogP) is 11.7. The van der Waals surface area contributed by atoms with E-state index in [1.54, 1.807) is 57.3 Å². The van der Waals surface area contributed by atoms with Crippen LogP contribution in [0.25, 0.3) is 44.1 Å². The van der Waals surface area contributed by atoms with Gasteiger partial charge in [0.25, 0.3) is 0 Å². The largest absolute Gasteiger partial charge is 0.490 e. The Balaban J connectivity index is 0.000000234. The number of esters is 1. The first-order valence-electron chi connectivity index (χ1n) is 26.7. The van der Waals surface area contributed by atoms with Crippen LogP contribution in [0.15, 0.2) is 95.7 Å². The third-order valence-corrected chi connectivity index (χ3v) is 15.5. The lowest BCUT2D eigenvalue weighted by atomic mass is 9.85. The van der Waals surface area contributed by atoms with Crippen molar-refractivity contribution in [2.45, 2.75) is 150 Å². The summed E-state index contributed by atoms with van der Waals surface area (Å²) in [6.07, 6.45) is -1.64. The standard InChI is InChI=1S/C32H41N3O4S.C26H32N4O2S.C2HF3O2/c1-20(18-26(36)39-32(5,6)7)28(37)34-27(31(2,3)4)30(38)35-17-11-16-25(35)29-33-24(19-40-29)23-15-10-13-21-12-8-9-14-22(21)23;1-16(27)23(31)29-22(26(2,3)4)25(32)30-14-8-13-21(30)24-28-20(15-33-24)19-12-7-10-17-9-5-6-11-18(17)19;3-2(4,5)1(6)7/h8-10,12-15,19-20,25,27H,11,16-18H2,1-7H3,(H,34,37);5-7,9-12,15-16,21-22H,8,13-14,27H2,1-4H3,(H,29,31);(H,6,7)/t20-,25+,27-;16-,21-,22+;/m10./s1. The van der Waals surface area contributed by atoms with Crippen LogP contribution in [0.2, 0.25) is 0 Å². The number of carboxylic acid groups (broad SMARTS) is 1. The lowest BCUT2D eigenvalue weighted by Crippen LogP contribution is -2.57. The molecule has 2 aliphatic rings. The molecule has 0 saturated carbocycles.